The van der Waals surface area contributed by atoms with Gasteiger partial charge in [0, 0.05) is 33.4 Å². The largest absolute Gasteiger partial charge is 0.383 e. The number of ether oxygens (including phenoxy) is 1. The molecule has 7 nitrogen and oxygen atoms in total. The molecule has 0 aliphatic rings. The van der Waals surface area contributed by atoms with E-state index in [2.05, 4.69) is 20.5 Å². The Hall–Kier alpha value is -1.73. The molecule has 2 aromatic rings. The third-order valence-electron chi connectivity index (χ3n) is 2.74. The number of hydrogen-bond donors (Lipinski definition) is 1. The van der Waals surface area contributed by atoms with Crippen molar-refractivity contribution >= 4 is 0 Å². The summed E-state index contributed by atoms with van der Waals surface area (Å²) < 4.78 is 8.63. The Morgan fingerprint density at radius 2 is 2.32 bits per heavy atom. The standard InChI is InChI=1S/C12H20N6O/c1-17-9-11(7-15-17)3-5-18-10-14-12(16-18)8-13-4-6-19-2/h7,9-10,13H,3-6,8H2,1-2H3. The Bertz CT molecular complexity index is 492. The van der Waals surface area contributed by atoms with E-state index in [0.29, 0.717) is 13.2 Å². The first kappa shape index (κ1) is 13.7. The van der Waals surface area contributed by atoms with E-state index in [1.165, 1.54) is 5.56 Å². The molecular formula is C12H20N6O. The summed E-state index contributed by atoms with van der Waals surface area (Å²) in [6.07, 6.45) is 6.58. The van der Waals surface area contributed by atoms with E-state index in [1.54, 1.807) is 13.4 Å². The molecule has 0 unspecified atom stereocenters. The van der Waals surface area contributed by atoms with Gasteiger partial charge in [0.15, 0.2) is 5.82 Å². The van der Waals surface area contributed by atoms with E-state index in [9.17, 15) is 0 Å². The summed E-state index contributed by atoms with van der Waals surface area (Å²) in [6, 6.07) is 0. The van der Waals surface area contributed by atoms with Crippen LogP contribution >= 0.6 is 0 Å². The number of aryl methyl sites for hydroxylation is 3. The monoisotopic (exact) mass is 264 g/mol. The molecule has 0 aliphatic carbocycles. The molecular weight excluding hydrogens is 244 g/mol. The molecule has 2 rings (SSSR count). The molecule has 0 bridgehead atoms. The first-order chi connectivity index (χ1) is 9.28. The fourth-order valence-corrected chi connectivity index (χ4v) is 1.74. The maximum atomic E-state index is 4.96. The second kappa shape index (κ2) is 7.01. The van der Waals surface area contributed by atoms with Gasteiger partial charge in [-0.3, -0.25) is 9.36 Å². The highest BCUT2D eigenvalue weighted by Crippen LogP contribution is 2.00. The molecule has 0 aromatic carbocycles. The van der Waals surface area contributed by atoms with Crippen LogP contribution in [-0.4, -0.2) is 44.8 Å². The first-order valence-electron chi connectivity index (χ1n) is 6.33. The van der Waals surface area contributed by atoms with Crippen LogP contribution in [0.15, 0.2) is 18.7 Å². The third kappa shape index (κ3) is 4.46. The molecule has 19 heavy (non-hydrogen) atoms. The molecule has 104 valence electrons. The van der Waals surface area contributed by atoms with Crippen molar-refractivity contribution in [2.24, 2.45) is 7.05 Å². The van der Waals surface area contributed by atoms with Crippen molar-refractivity contribution in [1.82, 2.24) is 29.9 Å². The van der Waals surface area contributed by atoms with Gasteiger partial charge < -0.3 is 10.1 Å². The van der Waals surface area contributed by atoms with Gasteiger partial charge in [-0.1, -0.05) is 0 Å². The van der Waals surface area contributed by atoms with Crippen molar-refractivity contribution in [3.05, 3.63) is 30.1 Å². The van der Waals surface area contributed by atoms with Crippen molar-refractivity contribution in [3.8, 4) is 0 Å². The highest BCUT2D eigenvalue weighted by molar-refractivity contribution is 5.03. The number of nitrogens with one attached hydrogen (secondary N) is 1. The number of nitrogens with zero attached hydrogens (tertiary/aromatic N) is 5. The lowest BCUT2D eigenvalue weighted by atomic mass is 10.2. The zero-order chi connectivity index (χ0) is 13.5. The van der Waals surface area contributed by atoms with Crippen LogP contribution in [0.3, 0.4) is 0 Å². The fourth-order valence-electron chi connectivity index (χ4n) is 1.74. The zero-order valence-corrected chi connectivity index (χ0v) is 11.4. The van der Waals surface area contributed by atoms with Crippen LogP contribution in [0.5, 0.6) is 0 Å². The second-order valence-corrected chi connectivity index (χ2v) is 4.37. The molecule has 0 radical (unpaired) electrons. The van der Waals surface area contributed by atoms with Crippen LogP contribution in [-0.2, 0) is 31.3 Å². The topological polar surface area (TPSA) is 69.8 Å². The number of rotatable bonds is 8. The quantitative estimate of drug-likeness (QED) is 0.679. The van der Waals surface area contributed by atoms with Gasteiger partial charge in [0.1, 0.15) is 6.33 Å². The average molecular weight is 264 g/mol. The third-order valence-corrected chi connectivity index (χ3v) is 2.74. The van der Waals surface area contributed by atoms with Crippen molar-refractivity contribution in [2.45, 2.75) is 19.5 Å². The second-order valence-electron chi connectivity index (χ2n) is 4.37. The highest BCUT2D eigenvalue weighted by atomic mass is 16.5. The number of aromatic nitrogens is 5. The number of methoxy groups -OCH3 is 1. The first-order valence-corrected chi connectivity index (χ1v) is 6.33. The van der Waals surface area contributed by atoms with Crippen LogP contribution < -0.4 is 5.32 Å². The SMILES string of the molecule is COCCNCc1ncn(CCc2cnn(C)c2)n1. The van der Waals surface area contributed by atoms with Gasteiger partial charge in [0.25, 0.3) is 0 Å². The molecule has 7 heteroatoms. The molecule has 2 heterocycles. The summed E-state index contributed by atoms with van der Waals surface area (Å²) in [6.45, 7) is 2.99. The smallest absolute Gasteiger partial charge is 0.164 e. The minimum absolute atomic E-state index is 0.670. The van der Waals surface area contributed by atoms with Crippen LogP contribution in [0, 0.1) is 0 Å². The summed E-state index contributed by atoms with van der Waals surface area (Å²) in [7, 11) is 3.61. The Morgan fingerprint density at radius 1 is 1.42 bits per heavy atom. The van der Waals surface area contributed by atoms with E-state index in [4.69, 9.17) is 4.74 Å². The van der Waals surface area contributed by atoms with E-state index < -0.39 is 0 Å². The van der Waals surface area contributed by atoms with Crippen LogP contribution in [0.1, 0.15) is 11.4 Å². The van der Waals surface area contributed by atoms with E-state index >= 15 is 0 Å². The minimum Gasteiger partial charge on any atom is -0.383 e. The summed E-state index contributed by atoms with van der Waals surface area (Å²) in [5.74, 6) is 0.808. The molecule has 0 fully saturated rings. The predicted octanol–water partition coefficient (Wildman–Crippen LogP) is -0.00970. The summed E-state index contributed by atoms with van der Waals surface area (Å²) in [5, 5.41) is 11.8. The lowest BCUT2D eigenvalue weighted by Gasteiger charge is -2.00. The van der Waals surface area contributed by atoms with Crippen molar-refractivity contribution in [2.75, 3.05) is 20.3 Å². The van der Waals surface area contributed by atoms with E-state index in [0.717, 1.165) is 25.3 Å². The minimum atomic E-state index is 0.670. The molecule has 0 aliphatic heterocycles. The Labute approximate surface area is 112 Å². The van der Waals surface area contributed by atoms with Crippen LogP contribution in [0.2, 0.25) is 0 Å². The summed E-state index contributed by atoms with van der Waals surface area (Å²) in [4.78, 5) is 4.26. The van der Waals surface area contributed by atoms with E-state index in [1.807, 2.05) is 28.8 Å². The van der Waals surface area contributed by atoms with Gasteiger partial charge in [-0.05, 0) is 12.0 Å². The van der Waals surface area contributed by atoms with Crippen molar-refractivity contribution < 1.29 is 4.74 Å². The maximum absolute atomic E-state index is 4.96. The molecule has 0 saturated carbocycles. The summed E-state index contributed by atoms with van der Waals surface area (Å²) >= 11 is 0. The normalized spacial score (nSPS) is 11.1. The molecule has 0 amide bonds. The lowest BCUT2D eigenvalue weighted by Crippen LogP contribution is -2.19. The molecule has 0 atom stereocenters. The van der Waals surface area contributed by atoms with Gasteiger partial charge in [-0.2, -0.15) is 10.2 Å². The van der Waals surface area contributed by atoms with Gasteiger partial charge in [-0.25, -0.2) is 4.98 Å². The molecule has 0 spiro atoms. The van der Waals surface area contributed by atoms with Crippen LogP contribution in [0.4, 0.5) is 0 Å². The number of hydrogen-bond acceptors (Lipinski definition) is 5. The van der Waals surface area contributed by atoms with Gasteiger partial charge in [-0.15, -0.1) is 0 Å². The zero-order valence-electron chi connectivity index (χ0n) is 11.4. The van der Waals surface area contributed by atoms with Crippen LogP contribution in [0.25, 0.3) is 0 Å². The van der Waals surface area contributed by atoms with Gasteiger partial charge >= 0.3 is 0 Å². The Morgan fingerprint density at radius 3 is 3.05 bits per heavy atom. The van der Waals surface area contributed by atoms with Gasteiger partial charge in [0.2, 0.25) is 0 Å². The predicted molar refractivity (Wildman–Crippen MR) is 70.5 cm³/mol. The Balaban J connectivity index is 1.74. The lowest BCUT2D eigenvalue weighted by molar-refractivity contribution is 0.199. The van der Waals surface area contributed by atoms with Crippen molar-refractivity contribution in [3.63, 3.8) is 0 Å². The maximum Gasteiger partial charge on any atom is 0.164 e. The average Bonchev–Trinajstić information content (AvgIpc) is 3.01. The highest BCUT2D eigenvalue weighted by Gasteiger charge is 2.02. The molecule has 1 N–H and O–H groups in total. The molecule has 2 aromatic heterocycles. The van der Waals surface area contributed by atoms with Gasteiger partial charge in [0.05, 0.1) is 19.3 Å². The van der Waals surface area contributed by atoms with E-state index in [-0.39, 0.29) is 0 Å². The Kier molecular flexibility index (Phi) is 5.05. The van der Waals surface area contributed by atoms with Crippen molar-refractivity contribution in [1.29, 1.82) is 0 Å². The fraction of sp³-hybridized carbons (Fsp3) is 0.583. The summed E-state index contributed by atoms with van der Waals surface area (Å²) in [5.41, 5.74) is 1.21. The molecule has 0 saturated heterocycles.